The number of nitrogens with one attached hydrogen (secondary N) is 1. The lowest BCUT2D eigenvalue weighted by atomic mass is 9.96. The molecule has 1 aromatic heterocycles. The average Bonchev–Trinajstić information content (AvgIpc) is 2.61. The molecule has 0 bridgehead atoms. The van der Waals surface area contributed by atoms with Crippen LogP contribution in [0.15, 0.2) is 18.2 Å². The number of aryl methyl sites for hydroxylation is 3. The third-order valence-electron chi connectivity index (χ3n) is 3.66. The van der Waals surface area contributed by atoms with E-state index in [-0.39, 0.29) is 11.9 Å². The molecule has 0 radical (unpaired) electrons. The predicted molar refractivity (Wildman–Crippen MR) is 74.7 cm³/mol. The van der Waals surface area contributed by atoms with Crippen molar-refractivity contribution in [3.05, 3.63) is 52.1 Å². The molecule has 0 amide bonds. The van der Waals surface area contributed by atoms with E-state index in [4.69, 9.17) is 0 Å². The predicted octanol–water partition coefficient (Wildman–Crippen LogP) is 2.79. The van der Waals surface area contributed by atoms with Crippen LogP contribution in [0, 0.1) is 26.6 Å². The lowest BCUT2D eigenvalue weighted by molar-refractivity contribution is 0.613. The summed E-state index contributed by atoms with van der Waals surface area (Å²) in [4.78, 5) is 0. The summed E-state index contributed by atoms with van der Waals surface area (Å²) in [7, 11) is 3.85. The van der Waals surface area contributed by atoms with Gasteiger partial charge in [0.2, 0.25) is 0 Å². The first-order valence-electron chi connectivity index (χ1n) is 6.39. The van der Waals surface area contributed by atoms with Crippen LogP contribution in [-0.2, 0) is 7.05 Å². The fourth-order valence-electron chi connectivity index (χ4n) is 2.53. The molecule has 1 atom stereocenters. The van der Waals surface area contributed by atoms with Gasteiger partial charge >= 0.3 is 0 Å². The fraction of sp³-hybridized carbons (Fsp3) is 0.400. The molecule has 1 unspecified atom stereocenters. The van der Waals surface area contributed by atoms with Gasteiger partial charge in [-0.2, -0.15) is 5.10 Å². The highest BCUT2D eigenvalue weighted by Gasteiger charge is 2.20. The summed E-state index contributed by atoms with van der Waals surface area (Å²) in [6, 6.07) is 5.28. The molecule has 19 heavy (non-hydrogen) atoms. The Morgan fingerprint density at radius 2 is 1.95 bits per heavy atom. The van der Waals surface area contributed by atoms with Crippen molar-refractivity contribution in [3.8, 4) is 0 Å². The van der Waals surface area contributed by atoms with Crippen LogP contribution in [0.5, 0.6) is 0 Å². The molecule has 1 aromatic carbocycles. The van der Waals surface area contributed by atoms with Gasteiger partial charge in [-0.05, 0) is 45.0 Å². The number of aromatic nitrogens is 2. The number of rotatable bonds is 3. The first-order valence-corrected chi connectivity index (χ1v) is 6.39. The number of nitrogens with zero attached hydrogens (tertiary/aromatic N) is 2. The minimum absolute atomic E-state index is 0.0352. The molecular weight excluding hydrogens is 241 g/mol. The fourth-order valence-corrected chi connectivity index (χ4v) is 2.53. The first-order chi connectivity index (χ1) is 8.95. The van der Waals surface area contributed by atoms with Crippen molar-refractivity contribution in [3.63, 3.8) is 0 Å². The highest BCUT2D eigenvalue weighted by Crippen LogP contribution is 2.28. The summed E-state index contributed by atoms with van der Waals surface area (Å²) in [6.07, 6.45) is 0. The highest BCUT2D eigenvalue weighted by molar-refractivity contribution is 5.38. The van der Waals surface area contributed by atoms with Crippen molar-refractivity contribution in [2.24, 2.45) is 7.05 Å². The van der Waals surface area contributed by atoms with E-state index in [2.05, 4.69) is 17.3 Å². The normalized spacial score (nSPS) is 12.7. The highest BCUT2D eigenvalue weighted by atomic mass is 19.1. The SMILES string of the molecule is CNC(c1ccc(F)c(C)c1)c1c(C)nn(C)c1C. The van der Waals surface area contributed by atoms with Crippen LogP contribution >= 0.6 is 0 Å². The molecule has 0 fully saturated rings. The maximum atomic E-state index is 13.4. The van der Waals surface area contributed by atoms with Crippen molar-refractivity contribution in [2.45, 2.75) is 26.8 Å². The van der Waals surface area contributed by atoms with Crippen LogP contribution in [0.25, 0.3) is 0 Å². The van der Waals surface area contributed by atoms with Crippen LogP contribution < -0.4 is 5.32 Å². The van der Waals surface area contributed by atoms with Crippen molar-refractivity contribution in [1.82, 2.24) is 15.1 Å². The zero-order valence-electron chi connectivity index (χ0n) is 12.1. The third kappa shape index (κ3) is 2.40. The Balaban J connectivity index is 2.52. The second-order valence-corrected chi connectivity index (χ2v) is 4.94. The Morgan fingerprint density at radius 1 is 1.26 bits per heavy atom. The maximum absolute atomic E-state index is 13.4. The average molecular weight is 261 g/mol. The maximum Gasteiger partial charge on any atom is 0.126 e. The lowest BCUT2D eigenvalue weighted by Gasteiger charge is -2.18. The van der Waals surface area contributed by atoms with Crippen molar-refractivity contribution >= 4 is 0 Å². The molecule has 4 heteroatoms. The summed E-state index contributed by atoms with van der Waals surface area (Å²) in [6.45, 7) is 5.84. The topological polar surface area (TPSA) is 29.9 Å². The molecule has 1 heterocycles. The molecule has 2 rings (SSSR count). The number of hydrogen-bond donors (Lipinski definition) is 1. The van der Waals surface area contributed by atoms with Crippen LogP contribution in [-0.4, -0.2) is 16.8 Å². The van der Waals surface area contributed by atoms with Crippen LogP contribution in [0.2, 0.25) is 0 Å². The Hall–Kier alpha value is -1.68. The minimum atomic E-state index is -0.168. The van der Waals surface area contributed by atoms with Gasteiger partial charge in [-0.25, -0.2) is 4.39 Å². The standard InChI is InChI=1S/C15H20FN3/c1-9-8-12(6-7-13(9)16)15(17-4)14-10(2)18-19(5)11(14)3/h6-8,15,17H,1-5H3. The van der Waals surface area contributed by atoms with Crippen molar-refractivity contribution < 1.29 is 4.39 Å². The van der Waals surface area contributed by atoms with Crippen LogP contribution in [0.1, 0.15) is 34.1 Å². The largest absolute Gasteiger partial charge is 0.309 e. The van der Waals surface area contributed by atoms with Gasteiger partial charge in [0.05, 0.1) is 11.7 Å². The van der Waals surface area contributed by atoms with E-state index in [1.165, 1.54) is 6.07 Å². The number of hydrogen-bond acceptors (Lipinski definition) is 2. The van der Waals surface area contributed by atoms with E-state index in [9.17, 15) is 4.39 Å². The molecule has 0 saturated carbocycles. The van der Waals surface area contributed by atoms with E-state index >= 15 is 0 Å². The van der Waals surface area contributed by atoms with E-state index in [1.807, 2.05) is 37.8 Å². The quantitative estimate of drug-likeness (QED) is 0.920. The molecule has 0 aliphatic heterocycles. The second kappa shape index (κ2) is 5.13. The monoisotopic (exact) mass is 261 g/mol. The summed E-state index contributed by atoms with van der Waals surface area (Å²) >= 11 is 0. The van der Waals surface area contributed by atoms with E-state index in [1.54, 1.807) is 6.92 Å². The molecule has 0 spiro atoms. The van der Waals surface area contributed by atoms with Gasteiger partial charge in [0.15, 0.2) is 0 Å². The summed E-state index contributed by atoms with van der Waals surface area (Å²) in [5.41, 5.74) is 5.01. The van der Waals surface area contributed by atoms with Crippen molar-refractivity contribution in [1.29, 1.82) is 0 Å². The van der Waals surface area contributed by atoms with Crippen LogP contribution in [0.3, 0.4) is 0 Å². The first kappa shape index (κ1) is 13.7. The molecule has 0 saturated heterocycles. The zero-order chi connectivity index (χ0) is 14.2. The molecule has 1 N–H and O–H groups in total. The Kier molecular flexibility index (Phi) is 3.71. The van der Waals surface area contributed by atoms with E-state index in [0.29, 0.717) is 5.56 Å². The van der Waals surface area contributed by atoms with Gasteiger partial charge in [0.25, 0.3) is 0 Å². The molecule has 0 aliphatic carbocycles. The Morgan fingerprint density at radius 3 is 2.42 bits per heavy atom. The van der Waals surface area contributed by atoms with Gasteiger partial charge in [-0.3, -0.25) is 4.68 Å². The van der Waals surface area contributed by atoms with E-state index in [0.717, 1.165) is 22.5 Å². The third-order valence-corrected chi connectivity index (χ3v) is 3.66. The van der Waals surface area contributed by atoms with E-state index < -0.39 is 0 Å². The molecule has 3 nitrogen and oxygen atoms in total. The van der Waals surface area contributed by atoms with Gasteiger partial charge in [-0.1, -0.05) is 12.1 Å². The van der Waals surface area contributed by atoms with Gasteiger partial charge in [0, 0.05) is 18.3 Å². The lowest BCUT2D eigenvalue weighted by Crippen LogP contribution is -2.19. The van der Waals surface area contributed by atoms with Gasteiger partial charge in [0.1, 0.15) is 5.82 Å². The summed E-state index contributed by atoms with van der Waals surface area (Å²) < 4.78 is 15.3. The van der Waals surface area contributed by atoms with Gasteiger partial charge in [-0.15, -0.1) is 0 Å². The molecular formula is C15H20FN3. The van der Waals surface area contributed by atoms with Gasteiger partial charge < -0.3 is 5.32 Å². The Labute approximate surface area is 113 Å². The molecule has 2 aromatic rings. The Bertz CT molecular complexity index is 602. The summed E-state index contributed by atoms with van der Waals surface area (Å²) in [5, 5.41) is 7.75. The second-order valence-electron chi connectivity index (χ2n) is 4.94. The van der Waals surface area contributed by atoms with Crippen LogP contribution in [0.4, 0.5) is 4.39 Å². The van der Waals surface area contributed by atoms with Crippen molar-refractivity contribution in [2.75, 3.05) is 7.05 Å². The minimum Gasteiger partial charge on any atom is -0.309 e. The smallest absolute Gasteiger partial charge is 0.126 e. The molecule has 0 aliphatic rings. The number of benzene rings is 1. The summed E-state index contributed by atoms with van der Waals surface area (Å²) in [5.74, 6) is -0.168. The molecule has 102 valence electrons. The zero-order valence-corrected chi connectivity index (χ0v) is 12.1. The number of halogens is 1.